The molecule has 3 aromatic rings. The molecule has 0 radical (unpaired) electrons. The van der Waals surface area contributed by atoms with Crippen LogP contribution in [0.3, 0.4) is 0 Å². The van der Waals surface area contributed by atoms with Gasteiger partial charge in [-0.3, -0.25) is 4.79 Å². The van der Waals surface area contributed by atoms with E-state index in [1.54, 1.807) is 7.11 Å². The third kappa shape index (κ3) is 4.23. The fourth-order valence-electron chi connectivity index (χ4n) is 2.55. The Hall–Kier alpha value is -2.37. The van der Waals surface area contributed by atoms with Crippen molar-refractivity contribution in [2.45, 2.75) is 13.3 Å². The number of hydrogen-bond acceptors (Lipinski definition) is 4. The molecule has 0 aliphatic heterocycles. The Kier molecular flexibility index (Phi) is 5.91. The summed E-state index contributed by atoms with van der Waals surface area (Å²) in [5, 5.41) is 4.35. The molecule has 0 unspecified atom stereocenters. The molecule has 0 aliphatic rings. The van der Waals surface area contributed by atoms with Gasteiger partial charge in [-0.2, -0.15) is 0 Å². The summed E-state index contributed by atoms with van der Waals surface area (Å²) in [5.74, 6) is 0.719. The highest BCUT2D eigenvalue weighted by Crippen LogP contribution is 2.32. The zero-order valence-electron chi connectivity index (χ0n) is 14.6. The molecule has 0 fully saturated rings. The van der Waals surface area contributed by atoms with Crippen molar-refractivity contribution >= 4 is 28.8 Å². The lowest BCUT2D eigenvalue weighted by Crippen LogP contribution is -2.25. The van der Waals surface area contributed by atoms with Gasteiger partial charge < -0.3 is 10.1 Å². The summed E-state index contributed by atoms with van der Waals surface area (Å²) in [7, 11) is 1.64. The van der Waals surface area contributed by atoms with Gasteiger partial charge in [-0.15, -0.1) is 11.3 Å². The number of aryl methyl sites for hydroxylation is 1. The molecule has 6 heteroatoms. The number of hydrogen-bond donors (Lipinski definition) is 1. The Morgan fingerprint density at radius 1 is 1.19 bits per heavy atom. The number of benzene rings is 2. The molecule has 1 heterocycles. The highest BCUT2D eigenvalue weighted by atomic mass is 35.5. The number of rotatable bonds is 6. The van der Waals surface area contributed by atoms with Crippen LogP contribution in [0.4, 0.5) is 0 Å². The number of amides is 1. The predicted molar refractivity (Wildman–Crippen MR) is 106 cm³/mol. The molecule has 1 N–H and O–H groups in total. The van der Waals surface area contributed by atoms with Crippen molar-refractivity contribution in [2.75, 3.05) is 13.7 Å². The Morgan fingerprint density at radius 2 is 1.92 bits per heavy atom. The number of carbonyl (C=O) groups is 1. The van der Waals surface area contributed by atoms with E-state index in [-0.39, 0.29) is 5.91 Å². The predicted octanol–water partition coefficient (Wildman–Crippen LogP) is 4.75. The lowest BCUT2D eigenvalue weighted by molar-refractivity contribution is 0.0957. The second-order valence-corrected chi connectivity index (χ2v) is 7.17. The number of aromatic nitrogens is 1. The molecule has 1 aromatic heterocycles. The van der Waals surface area contributed by atoms with Gasteiger partial charge in [0.2, 0.25) is 0 Å². The largest absolute Gasteiger partial charge is 0.497 e. The van der Waals surface area contributed by atoms with Crippen LogP contribution in [0.5, 0.6) is 5.75 Å². The first-order chi connectivity index (χ1) is 12.6. The number of ether oxygens (including phenoxy) is 1. The topological polar surface area (TPSA) is 51.2 Å². The molecule has 4 nitrogen and oxygen atoms in total. The van der Waals surface area contributed by atoms with E-state index in [1.807, 2.05) is 55.5 Å². The van der Waals surface area contributed by atoms with E-state index < -0.39 is 0 Å². The fourth-order valence-corrected chi connectivity index (χ4v) is 3.85. The fraction of sp³-hybridized carbons (Fsp3) is 0.200. The van der Waals surface area contributed by atoms with Gasteiger partial charge in [0.1, 0.15) is 15.6 Å². The van der Waals surface area contributed by atoms with Crippen LogP contribution in [0, 0.1) is 6.92 Å². The lowest BCUT2D eigenvalue weighted by Gasteiger charge is -2.05. The van der Waals surface area contributed by atoms with Crippen molar-refractivity contribution in [3.8, 4) is 16.3 Å². The minimum absolute atomic E-state index is 0.105. The van der Waals surface area contributed by atoms with Gasteiger partial charge in [0.15, 0.2) is 0 Å². The van der Waals surface area contributed by atoms with Crippen molar-refractivity contribution in [1.82, 2.24) is 10.3 Å². The van der Waals surface area contributed by atoms with Crippen LogP contribution < -0.4 is 10.1 Å². The Balaban J connectivity index is 1.64. The molecule has 0 spiro atoms. The van der Waals surface area contributed by atoms with Gasteiger partial charge >= 0.3 is 0 Å². The van der Waals surface area contributed by atoms with E-state index in [9.17, 15) is 4.79 Å². The first-order valence-corrected chi connectivity index (χ1v) is 9.41. The average Bonchev–Trinajstić information content (AvgIpc) is 3.04. The lowest BCUT2D eigenvalue weighted by atomic mass is 10.1. The molecule has 0 saturated heterocycles. The Bertz CT molecular complexity index is 906. The maximum Gasteiger partial charge on any atom is 0.263 e. The van der Waals surface area contributed by atoms with E-state index in [0.29, 0.717) is 22.1 Å². The molecule has 0 saturated carbocycles. The zero-order chi connectivity index (χ0) is 18.5. The summed E-state index contributed by atoms with van der Waals surface area (Å²) in [4.78, 5) is 17.6. The number of carbonyl (C=O) groups excluding carboxylic acids is 1. The molecular weight excluding hydrogens is 368 g/mol. The Labute approximate surface area is 161 Å². The van der Waals surface area contributed by atoms with Crippen molar-refractivity contribution in [1.29, 1.82) is 0 Å². The van der Waals surface area contributed by atoms with Crippen molar-refractivity contribution < 1.29 is 9.53 Å². The number of methoxy groups -OCH3 is 1. The summed E-state index contributed by atoms with van der Waals surface area (Å²) in [5.41, 5.74) is 2.70. The monoisotopic (exact) mass is 386 g/mol. The van der Waals surface area contributed by atoms with E-state index in [1.165, 1.54) is 11.3 Å². The summed E-state index contributed by atoms with van der Waals surface area (Å²) in [6.07, 6.45) is 0.755. The number of halogens is 1. The van der Waals surface area contributed by atoms with Crippen LogP contribution in [-0.2, 0) is 6.42 Å². The van der Waals surface area contributed by atoms with Crippen molar-refractivity contribution in [3.63, 3.8) is 0 Å². The van der Waals surface area contributed by atoms with Crippen LogP contribution in [-0.4, -0.2) is 24.5 Å². The second kappa shape index (κ2) is 8.34. The Morgan fingerprint density at radius 3 is 2.62 bits per heavy atom. The van der Waals surface area contributed by atoms with Crippen LogP contribution in [0.1, 0.15) is 20.9 Å². The third-order valence-electron chi connectivity index (χ3n) is 3.97. The van der Waals surface area contributed by atoms with Crippen LogP contribution in [0.2, 0.25) is 5.02 Å². The normalized spacial score (nSPS) is 10.6. The number of nitrogens with one attached hydrogen (secondary N) is 1. The molecule has 2 aromatic carbocycles. The maximum atomic E-state index is 12.5. The summed E-state index contributed by atoms with van der Waals surface area (Å²) >= 11 is 7.59. The van der Waals surface area contributed by atoms with E-state index in [0.717, 1.165) is 28.3 Å². The van der Waals surface area contributed by atoms with Crippen LogP contribution in [0.15, 0.2) is 48.5 Å². The first-order valence-electron chi connectivity index (χ1n) is 8.22. The summed E-state index contributed by atoms with van der Waals surface area (Å²) < 4.78 is 5.15. The molecule has 3 rings (SSSR count). The minimum atomic E-state index is -0.105. The quantitative estimate of drug-likeness (QED) is 0.664. The highest BCUT2D eigenvalue weighted by Gasteiger charge is 2.17. The molecule has 134 valence electrons. The van der Waals surface area contributed by atoms with Gasteiger partial charge in [0.05, 0.1) is 17.8 Å². The standard InChI is InChI=1S/C20H19ClN2O2S/c1-13-18(26-20(23-13)16-5-3-4-6-17(16)21)19(24)22-12-11-14-7-9-15(25-2)10-8-14/h3-10H,11-12H2,1-2H3,(H,22,24). The average molecular weight is 387 g/mol. The number of thiazole rings is 1. The van der Waals surface area contributed by atoms with Crippen molar-refractivity contribution in [2.24, 2.45) is 0 Å². The second-order valence-electron chi connectivity index (χ2n) is 5.77. The highest BCUT2D eigenvalue weighted by molar-refractivity contribution is 7.17. The molecule has 1 amide bonds. The van der Waals surface area contributed by atoms with Gasteiger partial charge in [-0.05, 0) is 37.1 Å². The van der Waals surface area contributed by atoms with Crippen LogP contribution in [0.25, 0.3) is 10.6 Å². The molecule has 0 atom stereocenters. The molecule has 0 bridgehead atoms. The van der Waals surface area contributed by atoms with Gasteiger partial charge in [-0.1, -0.05) is 41.9 Å². The molecule has 0 aliphatic carbocycles. The first kappa shape index (κ1) is 18.4. The SMILES string of the molecule is COc1ccc(CCNC(=O)c2sc(-c3ccccc3Cl)nc2C)cc1. The van der Waals surface area contributed by atoms with Gasteiger partial charge in [0, 0.05) is 12.1 Å². The van der Waals surface area contributed by atoms with E-state index >= 15 is 0 Å². The number of nitrogens with zero attached hydrogens (tertiary/aromatic N) is 1. The van der Waals surface area contributed by atoms with E-state index in [4.69, 9.17) is 16.3 Å². The maximum absolute atomic E-state index is 12.5. The van der Waals surface area contributed by atoms with Gasteiger partial charge in [0.25, 0.3) is 5.91 Å². The zero-order valence-corrected chi connectivity index (χ0v) is 16.2. The van der Waals surface area contributed by atoms with Crippen LogP contribution >= 0.6 is 22.9 Å². The van der Waals surface area contributed by atoms with E-state index in [2.05, 4.69) is 10.3 Å². The third-order valence-corrected chi connectivity index (χ3v) is 5.48. The minimum Gasteiger partial charge on any atom is -0.497 e. The van der Waals surface area contributed by atoms with Gasteiger partial charge in [-0.25, -0.2) is 4.98 Å². The molecular formula is C20H19ClN2O2S. The summed E-state index contributed by atoms with van der Waals surface area (Å²) in [6.45, 7) is 2.40. The smallest absolute Gasteiger partial charge is 0.263 e. The van der Waals surface area contributed by atoms with Crippen molar-refractivity contribution in [3.05, 3.63) is 69.7 Å². The molecule has 26 heavy (non-hydrogen) atoms. The summed E-state index contributed by atoms with van der Waals surface area (Å²) in [6, 6.07) is 15.3.